The highest BCUT2D eigenvalue weighted by molar-refractivity contribution is 5.82. The highest BCUT2D eigenvalue weighted by Crippen LogP contribution is 2.18. The largest absolute Gasteiger partial charge is 0.480 e. The molecule has 0 aromatic heterocycles. The van der Waals surface area contributed by atoms with Gasteiger partial charge in [0.05, 0.1) is 6.42 Å². The van der Waals surface area contributed by atoms with Crippen LogP contribution in [0.3, 0.4) is 0 Å². The van der Waals surface area contributed by atoms with Crippen molar-refractivity contribution in [3.63, 3.8) is 0 Å². The van der Waals surface area contributed by atoms with Gasteiger partial charge in [-0.3, -0.25) is 0 Å². The molecular weight excluding hydrogens is 253 g/mol. The minimum Gasteiger partial charge on any atom is -0.480 e. The third-order valence-electron chi connectivity index (χ3n) is 2.14. The van der Waals surface area contributed by atoms with E-state index in [0.717, 1.165) is 6.42 Å². The Bertz CT molecular complexity index is 282. The van der Waals surface area contributed by atoms with Gasteiger partial charge in [-0.15, -0.1) is 0 Å². The summed E-state index contributed by atoms with van der Waals surface area (Å²) in [6.45, 7) is 1.29. The average molecular weight is 270 g/mol. The quantitative estimate of drug-likeness (QED) is 0.661. The molecule has 0 rings (SSSR count). The van der Waals surface area contributed by atoms with Crippen LogP contribution < -0.4 is 10.6 Å². The number of aliphatic carboxylic acids is 1. The van der Waals surface area contributed by atoms with E-state index in [-0.39, 0.29) is 6.42 Å². The Morgan fingerprint density at radius 2 is 1.94 bits per heavy atom. The standard InChI is InChI=1S/C10H17F3N2O3/c1-2-3-4-7(8(16)17)15-9(18)14-6-5-10(11,12)13/h7H,2-6H2,1H3,(H,16,17)(H2,14,15,18)/t7-/m0/s1. The summed E-state index contributed by atoms with van der Waals surface area (Å²) in [4.78, 5) is 21.9. The van der Waals surface area contributed by atoms with Gasteiger partial charge in [0.1, 0.15) is 6.04 Å². The van der Waals surface area contributed by atoms with E-state index in [4.69, 9.17) is 5.11 Å². The van der Waals surface area contributed by atoms with Gasteiger partial charge in [0.15, 0.2) is 0 Å². The van der Waals surface area contributed by atoms with Crippen molar-refractivity contribution in [2.24, 2.45) is 0 Å². The van der Waals surface area contributed by atoms with Gasteiger partial charge in [0.25, 0.3) is 0 Å². The maximum atomic E-state index is 11.8. The third-order valence-corrected chi connectivity index (χ3v) is 2.14. The van der Waals surface area contributed by atoms with Gasteiger partial charge in [0.2, 0.25) is 0 Å². The number of carbonyl (C=O) groups excluding carboxylic acids is 1. The fourth-order valence-corrected chi connectivity index (χ4v) is 1.19. The van der Waals surface area contributed by atoms with Crippen LogP contribution in [-0.2, 0) is 4.79 Å². The Labute approximate surface area is 103 Å². The second kappa shape index (κ2) is 7.78. The van der Waals surface area contributed by atoms with Crippen molar-refractivity contribution in [3.05, 3.63) is 0 Å². The van der Waals surface area contributed by atoms with Gasteiger partial charge < -0.3 is 15.7 Å². The van der Waals surface area contributed by atoms with E-state index < -0.39 is 37.2 Å². The number of rotatable bonds is 7. The van der Waals surface area contributed by atoms with E-state index in [9.17, 15) is 22.8 Å². The van der Waals surface area contributed by atoms with Crippen LogP contribution in [0.5, 0.6) is 0 Å². The van der Waals surface area contributed by atoms with E-state index in [1.165, 1.54) is 0 Å². The molecule has 0 radical (unpaired) electrons. The van der Waals surface area contributed by atoms with E-state index >= 15 is 0 Å². The van der Waals surface area contributed by atoms with Crippen LogP contribution in [0.1, 0.15) is 32.6 Å². The number of unbranched alkanes of at least 4 members (excludes halogenated alkanes) is 1. The summed E-state index contributed by atoms with van der Waals surface area (Å²) in [6, 6.07) is -1.97. The monoisotopic (exact) mass is 270 g/mol. The number of carbonyl (C=O) groups is 2. The van der Waals surface area contributed by atoms with Crippen molar-refractivity contribution in [2.45, 2.75) is 44.8 Å². The molecule has 18 heavy (non-hydrogen) atoms. The molecule has 5 nitrogen and oxygen atoms in total. The van der Waals surface area contributed by atoms with Gasteiger partial charge >= 0.3 is 18.2 Å². The lowest BCUT2D eigenvalue weighted by molar-refractivity contribution is -0.139. The molecule has 2 amide bonds. The maximum absolute atomic E-state index is 11.8. The summed E-state index contributed by atoms with van der Waals surface area (Å²) in [7, 11) is 0. The van der Waals surface area contributed by atoms with Crippen LogP contribution >= 0.6 is 0 Å². The van der Waals surface area contributed by atoms with Gasteiger partial charge in [-0.05, 0) is 6.42 Å². The Hall–Kier alpha value is -1.47. The van der Waals surface area contributed by atoms with E-state index in [0.29, 0.717) is 6.42 Å². The first-order valence-electron chi connectivity index (χ1n) is 5.60. The molecule has 0 aliphatic carbocycles. The summed E-state index contributed by atoms with van der Waals surface area (Å²) in [5.74, 6) is -1.20. The molecule has 0 aromatic carbocycles. The summed E-state index contributed by atoms with van der Waals surface area (Å²) >= 11 is 0. The highest BCUT2D eigenvalue weighted by atomic mass is 19.4. The van der Waals surface area contributed by atoms with E-state index in [1.54, 1.807) is 0 Å². The zero-order valence-corrected chi connectivity index (χ0v) is 10.0. The SMILES string of the molecule is CCCC[C@H](NC(=O)NCCC(F)(F)F)C(=O)O. The molecule has 0 saturated carbocycles. The second-order valence-electron chi connectivity index (χ2n) is 3.80. The molecule has 8 heteroatoms. The zero-order chi connectivity index (χ0) is 14.2. The number of halogens is 3. The summed E-state index contributed by atoms with van der Waals surface area (Å²) in [5.41, 5.74) is 0. The normalized spacial score (nSPS) is 12.9. The third kappa shape index (κ3) is 8.66. The fraction of sp³-hybridized carbons (Fsp3) is 0.800. The molecule has 0 aliphatic rings. The van der Waals surface area contributed by atoms with E-state index in [1.807, 2.05) is 12.2 Å². The van der Waals surface area contributed by atoms with Crippen molar-refractivity contribution in [3.8, 4) is 0 Å². The number of hydrogen-bond acceptors (Lipinski definition) is 2. The number of alkyl halides is 3. The molecule has 0 heterocycles. The van der Waals surface area contributed by atoms with Gasteiger partial charge in [-0.1, -0.05) is 19.8 Å². The number of amides is 2. The van der Waals surface area contributed by atoms with Crippen molar-refractivity contribution in [2.75, 3.05) is 6.54 Å². The zero-order valence-electron chi connectivity index (χ0n) is 10.0. The number of nitrogens with one attached hydrogen (secondary N) is 2. The van der Waals surface area contributed by atoms with Crippen LogP contribution in [-0.4, -0.2) is 35.9 Å². The van der Waals surface area contributed by atoms with Crippen molar-refractivity contribution in [1.29, 1.82) is 0 Å². The molecule has 3 N–H and O–H groups in total. The average Bonchev–Trinajstić information content (AvgIpc) is 2.21. The Balaban J connectivity index is 3.99. The van der Waals surface area contributed by atoms with Crippen molar-refractivity contribution in [1.82, 2.24) is 10.6 Å². The van der Waals surface area contributed by atoms with Crippen LogP contribution in [0.2, 0.25) is 0 Å². The predicted octanol–water partition coefficient (Wildman–Crippen LogP) is 1.88. The van der Waals surface area contributed by atoms with E-state index in [2.05, 4.69) is 5.32 Å². The number of carboxylic acids is 1. The first kappa shape index (κ1) is 16.5. The maximum Gasteiger partial charge on any atom is 0.390 e. The lowest BCUT2D eigenvalue weighted by Gasteiger charge is -2.15. The van der Waals surface area contributed by atoms with Crippen LogP contribution in [0, 0.1) is 0 Å². The predicted molar refractivity (Wildman–Crippen MR) is 58.2 cm³/mol. The molecule has 0 fully saturated rings. The Morgan fingerprint density at radius 1 is 1.33 bits per heavy atom. The minimum atomic E-state index is -4.35. The Morgan fingerprint density at radius 3 is 2.39 bits per heavy atom. The molecule has 0 spiro atoms. The molecular formula is C10H17F3N2O3. The topological polar surface area (TPSA) is 78.4 Å². The summed E-state index contributed by atoms with van der Waals surface area (Å²) < 4.78 is 35.4. The van der Waals surface area contributed by atoms with Crippen LogP contribution in [0.25, 0.3) is 0 Å². The van der Waals surface area contributed by atoms with Crippen LogP contribution in [0.15, 0.2) is 0 Å². The molecule has 0 unspecified atom stereocenters. The Kier molecular flexibility index (Phi) is 7.14. The lowest BCUT2D eigenvalue weighted by atomic mass is 10.1. The van der Waals surface area contributed by atoms with Gasteiger partial charge in [-0.25, -0.2) is 9.59 Å². The fourth-order valence-electron chi connectivity index (χ4n) is 1.19. The summed E-state index contributed by atoms with van der Waals surface area (Å²) in [6.07, 6.45) is -3.87. The number of carboxylic acid groups (broad SMARTS) is 1. The molecule has 106 valence electrons. The summed E-state index contributed by atoms with van der Waals surface area (Å²) in [5, 5.41) is 12.9. The molecule has 1 atom stereocenters. The smallest absolute Gasteiger partial charge is 0.390 e. The molecule has 0 aromatic rings. The van der Waals surface area contributed by atoms with Crippen molar-refractivity contribution >= 4 is 12.0 Å². The molecule has 0 aliphatic heterocycles. The molecule has 0 bridgehead atoms. The van der Waals surface area contributed by atoms with Gasteiger partial charge in [-0.2, -0.15) is 13.2 Å². The first-order valence-corrected chi connectivity index (χ1v) is 5.60. The van der Waals surface area contributed by atoms with Gasteiger partial charge in [0, 0.05) is 6.54 Å². The molecule has 0 saturated heterocycles. The number of urea groups is 1. The van der Waals surface area contributed by atoms with Crippen LogP contribution in [0.4, 0.5) is 18.0 Å². The lowest BCUT2D eigenvalue weighted by Crippen LogP contribution is -2.46. The second-order valence-corrected chi connectivity index (χ2v) is 3.80. The number of hydrogen-bond donors (Lipinski definition) is 3. The first-order chi connectivity index (χ1) is 8.26. The van der Waals surface area contributed by atoms with Crippen molar-refractivity contribution < 1.29 is 27.9 Å². The minimum absolute atomic E-state index is 0.249. The highest BCUT2D eigenvalue weighted by Gasteiger charge is 2.27.